The molecule has 1 aromatic heterocycles. The quantitative estimate of drug-likeness (QED) is 0.520. The van der Waals surface area contributed by atoms with Crippen LogP contribution in [0.15, 0.2) is 36.5 Å². The van der Waals surface area contributed by atoms with Crippen LogP contribution in [0, 0.1) is 10.1 Å². The molecule has 1 heterocycles. The molecule has 0 bridgehead atoms. The summed E-state index contributed by atoms with van der Waals surface area (Å²) in [7, 11) is 0. The third-order valence-corrected chi connectivity index (χ3v) is 3.84. The molecule has 138 valence electrons. The van der Waals surface area contributed by atoms with E-state index in [4.69, 9.17) is 5.11 Å². The molecule has 2 aromatic rings. The highest BCUT2D eigenvalue weighted by Gasteiger charge is 2.27. The second-order valence-electron chi connectivity index (χ2n) is 5.77. The van der Waals surface area contributed by atoms with Crippen molar-refractivity contribution in [3.05, 3.63) is 57.9 Å². The molecule has 0 fully saturated rings. The Kier molecular flexibility index (Phi) is 6.42. The molecule has 2 N–H and O–H groups in total. The summed E-state index contributed by atoms with van der Waals surface area (Å²) in [5, 5.41) is 26.7. The third kappa shape index (κ3) is 5.13. The number of carbonyl (C=O) groups excluding carboxylic acids is 1. The van der Waals surface area contributed by atoms with Crippen molar-refractivity contribution in [2.45, 2.75) is 38.8 Å². The van der Waals surface area contributed by atoms with Crippen molar-refractivity contribution >= 4 is 17.6 Å². The standard InChI is InChI=1S/C17H20N4O5/c1-2-20-11-14(21(25)26)16(19-20)17(24)18-13(8-9-15(22)23)10-12-6-4-3-5-7-12/h3-7,11,13H,2,8-10H2,1H3,(H,18,24)(H,22,23). The Morgan fingerprint density at radius 3 is 2.62 bits per heavy atom. The van der Waals surface area contributed by atoms with Crippen molar-refractivity contribution in [2.75, 3.05) is 0 Å². The van der Waals surface area contributed by atoms with Gasteiger partial charge in [0.2, 0.25) is 5.69 Å². The van der Waals surface area contributed by atoms with E-state index >= 15 is 0 Å². The second-order valence-corrected chi connectivity index (χ2v) is 5.77. The van der Waals surface area contributed by atoms with Crippen molar-refractivity contribution in [1.29, 1.82) is 0 Å². The number of benzene rings is 1. The fourth-order valence-electron chi connectivity index (χ4n) is 2.54. The van der Waals surface area contributed by atoms with E-state index in [1.807, 2.05) is 30.3 Å². The van der Waals surface area contributed by atoms with E-state index < -0.39 is 22.8 Å². The molecule has 1 atom stereocenters. The monoisotopic (exact) mass is 360 g/mol. The molecule has 0 saturated heterocycles. The van der Waals surface area contributed by atoms with Crippen molar-refractivity contribution in [3.8, 4) is 0 Å². The number of aliphatic carboxylic acids is 1. The van der Waals surface area contributed by atoms with E-state index in [0.717, 1.165) is 5.56 Å². The van der Waals surface area contributed by atoms with E-state index in [0.29, 0.717) is 13.0 Å². The minimum absolute atomic E-state index is 0.122. The fraction of sp³-hybridized carbons (Fsp3) is 0.353. The number of carbonyl (C=O) groups is 2. The second kappa shape index (κ2) is 8.75. The van der Waals surface area contributed by atoms with Crippen molar-refractivity contribution in [3.63, 3.8) is 0 Å². The molecule has 0 saturated carbocycles. The first-order valence-electron chi connectivity index (χ1n) is 8.19. The molecule has 2 rings (SSSR count). The summed E-state index contributed by atoms with van der Waals surface area (Å²) in [5.41, 5.74) is 0.281. The Labute approximate surface area is 149 Å². The zero-order valence-corrected chi connectivity index (χ0v) is 14.3. The van der Waals surface area contributed by atoms with Gasteiger partial charge in [-0.2, -0.15) is 5.10 Å². The highest BCUT2D eigenvalue weighted by molar-refractivity contribution is 5.96. The first-order chi connectivity index (χ1) is 12.4. The number of amides is 1. The number of hydrogen-bond acceptors (Lipinski definition) is 5. The SMILES string of the molecule is CCn1cc([N+](=O)[O-])c(C(=O)NC(CCC(=O)O)Cc2ccccc2)n1. The number of aromatic nitrogens is 2. The number of rotatable bonds is 9. The number of nitro groups is 1. The summed E-state index contributed by atoms with van der Waals surface area (Å²) in [6, 6.07) is 8.81. The predicted molar refractivity (Wildman–Crippen MR) is 92.8 cm³/mol. The van der Waals surface area contributed by atoms with Gasteiger partial charge in [-0.3, -0.25) is 24.4 Å². The van der Waals surface area contributed by atoms with Crippen LogP contribution in [0.25, 0.3) is 0 Å². The molecular weight excluding hydrogens is 340 g/mol. The van der Waals surface area contributed by atoms with Gasteiger partial charge in [0, 0.05) is 19.0 Å². The van der Waals surface area contributed by atoms with Crippen LogP contribution in [0.3, 0.4) is 0 Å². The first-order valence-corrected chi connectivity index (χ1v) is 8.19. The molecule has 9 heteroatoms. The summed E-state index contributed by atoms with van der Waals surface area (Å²) in [4.78, 5) is 33.9. The van der Waals surface area contributed by atoms with Crippen LogP contribution in [0.5, 0.6) is 0 Å². The number of hydrogen-bond donors (Lipinski definition) is 2. The maximum Gasteiger partial charge on any atom is 0.320 e. The highest BCUT2D eigenvalue weighted by atomic mass is 16.6. The van der Waals surface area contributed by atoms with Crippen molar-refractivity contribution < 1.29 is 19.6 Å². The lowest BCUT2D eigenvalue weighted by Gasteiger charge is -2.17. The van der Waals surface area contributed by atoms with E-state index in [9.17, 15) is 19.7 Å². The normalized spacial score (nSPS) is 11.7. The van der Waals surface area contributed by atoms with E-state index in [1.54, 1.807) is 6.92 Å². The lowest BCUT2D eigenvalue weighted by Crippen LogP contribution is -2.37. The molecule has 1 amide bonds. The number of nitrogens with one attached hydrogen (secondary N) is 1. The lowest BCUT2D eigenvalue weighted by atomic mass is 10.0. The third-order valence-electron chi connectivity index (χ3n) is 3.84. The van der Waals surface area contributed by atoms with Crippen molar-refractivity contribution in [1.82, 2.24) is 15.1 Å². The van der Waals surface area contributed by atoms with Gasteiger partial charge in [0.25, 0.3) is 5.91 Å². The average Bonchev–Trinajstić information content (AvgIpc) is 3.05. The molecule has 0 aliphatic carbocycles. The Morgan fingerprint density at radius 1 is 1.35 bits per heavy atom. The maximum atomic E-state index is 12.5. The lowest BCUT2D eigenvalue weighted by molar-refractivity contribution is -0.385. The number of carboxylic acid groups (broad SMARTS) is 1. The average molecular weight is 360 g/mol. The Balaban J connectivity index is 2.18. The van der Waals surface area contributed by atoms with Gasteiger partial charge in [-0.1, -0.05) is 30.3 Å². The first kappa shape index (κ1) is 19.1. The summed E-state index contributed by atoms with van der Waals surface area (Å²) in [6.07, 6.45) is 1.71. The van der Waals surface area contributed by atoms with Gasteiger partial charge in [-0.15, -0.1) is 0 Å². The van der Waals surface area contributed by atoms with Gasteiger partial charge in [-0.05, 0) is 25.3 Å². The molecule has 0 spiro atoms. The van der Waals surface area contributed by atoms with Crippen LogP contribution in [-0.4, -0.2) is 37.7 Å². The van der Waals surface area contributed by atoms with Crippen molar-refractivity contribution in [2.24, 2.45) is 0 Å². The van der Waals surface area contributed by atoms with E-state index in [2.05, 4.69) is 10.4 Å². The van der Waals surface area contributed by atoms with Crippen LogP contribution >= 0.6 is 0 Å². The summed E-state index contributed by atoms with van der Waals surface area (Å²) >= 11 is 0. The van der Waals surface area contributed by atoms with Gasteiger partial charge in [-0.25, -0.2) is 0 Å². The fourth-order valence-corrected chi connectivity index (χ4v) is 2.54. The Hall–Kier alpha value is -3.23. The minimum atomic E-state index is -0.974. The van der Waals surface area contributed by atoms with Crippen LogP contribution in [0.2, 0.25) is 0 Å². The maximum absolute atomic E-state index is 12.5. The molecule has 1 unspecified atom stereocenters. The van der Waals surface area contributed by atoms with Gasteiger partial charge < -0.3 is 10.4 Å². The minimum Gasteiger partial charge on any atom is -0.481 e. The molecular formula is C17H20N4O5. The zero-order valence-electron chi connectivity index (χ0n) is 14.3. The molecule has 9 nitrogen and oxygen atoms in total. The summed E-state index contributed by atoms with van der Waals surface area (Å²) < 4.78 is 1.32. The zero-order chi connectivity index (χ0) is 19.1. The molecule has 1 aromatic carbocycles. The Morgan fingerprint density at radius 2 is 2.04 bits per heavy atom. The number of aryl methyl sites for hydroxylation is 1. The number of nitrogens with zero attached hydrogens (tertiary/aromatic N) is 3. The van der Waals surface area contributed by atoms with Crippen LogP contribution in [0.4, 0.5) is 5.69 Å². The molecule has 0 radical (unpaired) electrons. The highest BCUT2D eigenvalue weighted by Crippen LogP contribution is 2.17. The molecule has 26 heavy (non-hydrogen) atoms. The topological polar surface area (TPSA) is 127 Å². The molecule has 0 aliphatic rings. The predicted octanol–water partition coefficient (Wildman–Crippen LogP) is 2.02. The van der Waals surface area contributed by atoms with Gasteiger partial charge in [0.1, 0.15) is 6.20 Å². The Bertz CT molecular complexity index is 788. The summed E-state index contributed by atoms with van der Waals surface area (Å²) in [5.74, 6) is -1.66. The van der Waals surface area contributed by atoms with Gasteiger partial charge in [0.05, 0.1) is 4.92 Å². The van der Waals surface area contributed by atoms with Crippen LogP contribution in [0.1, 0.15) is 35.8 Å². The largest absolute Gasteiger partial charge is 0.481 e. The van der Waals surface area contributed by atoms with Gasteiger partial charge in [0.15, 0.2) is 0 Å². The summed E-state index contributed by atoms with van der Waals surface area (Å²) in [6.45, 7) is 2.14. The molecule has 0 aliphatic heterocycles. The smallest absolute Gasteiger partial charge is 0.320 e. The van der Waals surface area contributed by atoms with E-state index in [-0.39, 0.29) is 24.2 Å². The number of carboxylic acids is 1. The van der Waals surface area contributed by atoms with Crippen LogP contribution in [-0.2, 0) is 17.8 Å². The van der Waals surface area contributed by atoms with E-state index in [1.165, 1.54) is 10.9 Å². The van der Waals surface area contributed by atoms with Crippen LogP contribution < -0.4 is 5.32 Å². The van der Waals surface area contributed by atoms with Gasteiger partial charge >= 0.3 is 11.7 Å².